The van der Waals surface area contributed by atoms with Crippen LogP contribution in [-0.2, 0) is 16.4 Å². The molecular formula is C34H40F5N5O4S. The van der Waals surface area contributed by atoms with Crippen LogP contribution in [0.2, 0.25) is 0 Å². The minimum Gasteiger partial charge on any atom is -0.495 e. The summed E-state index contributed by atoms with van der Waals surface area (Å²) in [6, 6.07) is 7.30. The summed E-state index contributed by atoms with van der Waals surface area (Å²) in [6.07, 6.45) is -1.15. The van der Waals surface area contributed by atoms with Gasteiger partial charge in [0.15, 0.2) is 9.84 Å². The van der Waals surface area contributed by atoms with E-state index in [2.05, 4.69) is 27.0 Å². The summed E-state index contributed by atoms with van der Waals surface area (Å²) < 4.78 is 97.9. The number of aromatic nitrogens is 2. The van der Waals surface area contributed by atoms with Crippen molar-refractivity contribution in [3.8, 4) is 17.6 Å². The van der Waals surface area contributed by atoms with Gasteiger partial charge in [0.05, 0.1) is 41.6 Å². The van der Waals surface area contributed by atoms with E-state index in [0.29, 0.717) is 49.4 Å². The van der Waals surface area contributed by atoms with E-state index in [0.717, 1.165) is 17.2 Å². The van der Waals surface area contributed by atoms with Crippen LogP contribution in [0.5, 0.6) is 5.75 Å². The summed E-state index contributed by atoms with van der Waals surface area (Å²) in [4.78, 5) is 21.9. The highest BCUT2D eigenvalue weighted by Crippen LogP contribution is 2.36. The Labute approximate surface area is 282 Å². The Hall–Kier alpha value is -3.90. The molecular weight excluding hydrogens is 669 g/mol. The highest BCUT2D eigenvalue weighted by molar-refractivity contribution is 7.90. The molecule has 1 amide bonds. The molecule has 1 aliphatic heterocycles. The number of imidazole rings is 1. The Kier molecular flexibility index (Phi) is 10.5. The maximum atomic E-state index is 13.7. The van der Waals surface area contributed by atoms with Gasteiger partial charge in [-0.15, -0.1) is 0 Å². The number of rotatable bonds is 8. The maximum absolute atomic E-state index is 13.7. The normalized spacial score (nSPS) is 20.4. The van der Waals surface area contributed by atoms with Crippen molar-refractivity contribution in [2.24, 2.45) is 5.92 Å². The van der Waals surface area contributed by atoms with Crippen LogP contribution in [0.1, 0.15) is 54.9 Å². The van der Waals surface area contributed by atoms with E-state index in [9.17, 15) is 35.2 Å². The minimum atomic E-state index is -4.52. The van der Waals surface area contributed by atoms with Crippen LogP contribution in [0.3, 0.4) is 0 Å². The number of hydrogen-bond acceptors (Lipinski definition) is 7. The number of alkyl halides is 5. The average molecular weight is 710 g/mol. The summed E-state index contributed by atoms with van der Waals surface area (Å²) >= 11 is 0. The molecule has 0 radical (unpaired) electrons. The number of anilines is 1. The van der Waals surface area contributed by atoms with Crippen LogP contribution in [0.4, 0.5) is 27.6 Å². The van der Waals surface area contributed by atoms with Crippen molar-refractivity contribution in [2.45, 2.75) is 74.7 Å². The molecule has 2 aliphatic rings. The largest absolute Gasteiger partial charge is 0.495 e. The molecule has 2 fully saturated rings. The first-order valence-electron chi connectivity index (χ1n) is 16.0. The smallest absolute Gasteiger partial charge is 0.406 e. The molecule has 1 N–H and O–H groups in total. The second-order valence-electron chi connectivity index (χ2n) is 13.1. The fraction of sp³-hybridized carbons (Fsp3) is 0.529. The van der Waals surface area contributed by atoms with Gasteiger partial charge in [0.1, 0.15) is 17.8 Å². The third kappa shape index (κ3) is 8.83. The second kappa shape index (κ2) is 14.1. The molecule has 0 unspecified atom stereocenters. The molecule has 1 aliphatic carbocycles. The van der Waals surface area contributed by atoms with E-state index in [1.54, 1.807) is 18.0 Å². The van der Waals surface area contributed by atoms with E-state index in [-0.39, 0.29) is 58.9 Å². The molecule has 0 spiro atoms. The van der Waals surface area contributed by atoms with E-state index < -0.39 is 34.4 Å². The van der Waals surface area contributed by atoms with Gasteiger partial charge in [-0.05, 0) is 49.4 Å². The van der Waals surface area contributed by atoms with Crippen molar-refractivity contribution in [2.75, 3.05) is 44.9 Å². The Morgan fingerprint density at radius 1 is 1.16 bits per heavy atom. The van der Waals surface area contributed by atoms with Crippen molar-refractivity contribution >= 4 is 32.5 Å². The molecule has 266 valence electrons. The van der Waals surface area contributed by atoms with Crippen LogP contribution in [0.25, 0.3) is 11.0 Å². The van der Waals surface area contributed by atoms with Crippen LogP contribution >= 0.6 is 0 Å². The van der Waals surface area contributed by atoms with Crippen LogP contribution in [0, 0.1) is 17.8 Å². The van der Waals surface area contributed by atoms with Crippen molar-refractivity contribution in [1.82, 2.24) is 19.8 Å². The van der Waals surface area contributed by atoms with Crippen molar-refractivity contribution in [3.05, 3.63) is 47.8 Å². The van der Waals surface area contributed by atoms with Crippen molar-refractivity contribution in [1.29, 1.82) is 0 Å². The van der Waals surface area contributed by atoms with Gasteiger partial charge in [-0.2, -0.15) is 13.2 Å². The lowest BCUT2D eigenvalue weighted by Crippen LogP contribution is -2.53. The number of ether oxygens (including phenoxy) is 1. The van der Waals surface area contributed by atoms with Gasteiger partial charge in [0.25, 0.3) is 5.91 Å². The molecule has 49 heavy (non-hydrogen) atoms. The highest BCUT2D eigenvalue weighted by Gasteiger charge is 2.39. The molecule has 5 rings (SSSR count). The van der Waals surface area contributed by atoms with Crippen molar-refractivity contribution in [3.63, 3.8) is 0 Å². The third-order valence-corrected chi connectivity index (χ3v) is 10.4. The first-order chi connectivity index (χ1) is 22.9. The van der Waals surface area contributed by atoms with Gasteiger partial charge < -0.3 is 19.5 Å². The number of amides is 1. The fourth-order valence-corrected chi connectivity index (χ4v) is 7.27. The predicted molar refractivity (Wildman–Crippen MR) is 176 cm³/mol. The number of hydrogen-bond donors (Lipinski definition) is 1. The molecule has 1 saturated carbocycles. The van der Waals surface area contributed by atoms with Crippen LogP contribution < -0.4 is 15.0 Å². The number of nitrogens with zero attached hydrogens (tertiary/aromatic N) is 4. The summed E-state index contributed by atoms with van der Waals surface area (Å²) in [5, 5.41) is 3.05. The lowest BCUT2D eigenvalue weighted by molar-refractivity contribution is -0.140. The van der Waals surface area contributed by atoms with E-state index >= 15 is 0 Å². The quantitative estimate of drug-likeness (QED) is 0.243. The number of likely N-dealkylation sites (tertiary alicyclic amines) is 1. The number of fused-ring (bicyclic) bond motifs is 1. The number of nitrogens with one attached hydrogen (secondary N) is 1. The average Bonchev–Trinajstić information content (AvgIpc) is 3.41. The molecule has 15 heteroatoms. The van der Waals surface area contributed by atoms with Gasteiger partial charge in [0.2, 0.25) is 5.92 Å². The fourth-order valence-electron chi connectivity index (χ4n) is 6.64. The lowest BCUT2D eigenvalue weighted by atomic mass is 9.87. The number of carbonyl (C=O) groups excluding carboxylic acids is 1. The SMILES string of the molecule is COc1cc(S(C)(=O)=O)ccc1N(C)CC#Cc1cc(C(=O)N[C@H]2CCN(C3CCC(F)(F)CC3)C[C@@H]2C)c2ncn(CC(F)(F)F)c2c1. The monoisotopic (exact) mass is 709 g/mol. The maximum Gasteiger partial charge on any atom is 0.406 e. The predicted octanol–water partition coefficient (Wildman–Crippen LogP) is 5.52. The molecule has 1 saturated heterocycles. The van der Waals surface area contributed by atoms with E-state index in [1.807, 2.05) is 6.92 Å². The van der Waals surface area contributed by atoms with Gasteiger partial charge in [-0.25, -0.2) is 22.2 Å². The number of piperidine rings is 1. The summed E-state index contributed by atoms with van der Waals surface area (Å²) in [5.74, 6) is 3.18. The number of methoxy groups -OCH3 is 1. The molecule has 0 bridgehead atoms. The van der Waals surface area contributed by atoms with Gasteiger partial charge in [-0.3, -0.25) is 9.69 Å². The summed E-state index contributed by atoms with van der Waals surface area (Å²) in [6.45, 7) is 2.12. The van der Waals surface area contributed by atoms with Gasteiger partial charge in [-0.1, -0.05) is 18.8 Å². The van der Waals surface area contributed by atoms with Gasteiger partial charge in [0, 0.05) is 62.9 Å². The Morgan fingerprint density at radius 3 is 2.51 bits per heavy atom. The first kappa shape index (κ1) is 36.4. The first-order valence-corrected chi connectivity index (χ1v) is 17.9. The molecule has 3 aromatic rings. The third-order valence-electron chi connectivity index (χ3n) is 9.32. The summed E-state index contributed by atoms with van der Waals surface area (Å²) in [7, 11) is -0.313. The zero-order chi connectivity index (χ0) is 35.7. The molecule has 2 heterocycles. The zero-order valence-corrected chi connectivity index (χ0v) is 28.6. The number of sulfone groups is 1. The van der Waals surface area contributed by atoms with E-state index in [1.165, 1.54) is 31.4 Å². The number of carbonyl (C=O) groups is 1. The second-order valence-corrected chi connectivity index (χ2v) is 15.1. The molecule has 2 aromatic carbocycles. The molecule has 2 atom stereocenters. The minimum absolute atomic E-state index is 0.0143. The molecule has 9 nitrogen and oxygen atoms in total. The highest BCUT2D eigenvalue weighted by atomic mass is 32.2. The Bertz CT molecular complexity index is 1860. The summed E-state index contributed by atoms with van der Waals surface area (Å²) in [5.41, 5.74) is 1.21. The Balaban J connectivity index is 1.36. The van der Waals surface area contributed by atoms with Gasteiger partial charge >= 0.3 is 6.18 Å². The topological polar surface area (TPSA) is 96.8 Å². The Morgan fingerprint density at radius 2 is 1.88 bits per heavy atom. The zero-order valence-electron chi connectivity index (χ0n) is 27.8. The van der Waals surface area contributed by atoms with Crippen LogP contribution in [0.15, 0.2) is 41.6 Å². The molecule has 1 aromatic heterocycles. The standard InChI is InChI=1S/C34H40F5N5O4S/c1-22-19-43(24-9-12-33(35,36)13-10-24)15-11-27(22)41-32(45)26-16-23(17-29-31(26)40-21-44(29)20-34(37,38)39)6-5-14-42(2)28-8-7-25(49(4,46)47)18-30(28)48-3/h7-8,16-18,21-22,24,27H,9-15,19-20H2,1-4H3,(H,41,45)/t22-,27-/m0/s1. The van der Waals surface area contributed by atoms with Crippen LogP contribution in [-0.4, -0.2) is 93.0 Å². The van der Waals surface area contributed by atoms with E-state index in [4.69, 9.17) is 4.74 Å². The number of halogens is 5. The lowest BCUT2D eigenvalue weighted by Gasteiger charge is -2.43. The van der Waals surface area contributed by atoms with Crippen molar-refractivity contribution < 1.29 is 39.9 Å². The number of benzene rings is 2.